The molecule has 0 bridgehead atoms. The minimum Gasteiger partial charge on any atom is -0.456 e. The third kappa shape index (κ3) is 5.95. The zero-order valence-corrected chi connectivity index (χ0v) is 45.9. The molecule has 0 unspecified atom stereocenters. The van der Waals surface area contributed by atoms with Crippen LogP contribution in [0.15, 0.2) is 221 Å². The molecule has 0 saturated carbocycles. The van der Waals surface area contributed by atoms with E-state index >= 15 is 0 Å². The van der Waals surface area contributed by atoms with Gasteiger partial charge in [-0.2, -0.15) is 0 Å². The van der Waals surface area contributed by atoms with Gasteiger partial charge in [-0.3, -0.25) is 0 Å². The molecule has 4 heteroatoms. The van der Waals surface area contributed by atoms with E-state index in [-0.39, 0.29) is 16.2 Å². The first-order chi connectivity index (χ1) is 38.8. The summed E-state index contributed by atoms with van der Waals surface area (Å²) in [6, 6.07) is 79.2. The lowest BCUT2D eigenvalue weighted by atomic mass is 9.79. The van der Waals surface area contributed by atoms with Gasteiger partial charge in [0.2, 0.25) is 0 Å². The van der Waals surface area contributed by atoms with Crippen LogP contribution in [0.3, 0.4) is 0 Å². The van der Waals surface area contributed by atoms with E-state index in [2.05, 4.69) is 270 Å². The van der Waals surface area contributed by atoms with Gasteiger partial charge in [0.1, 0.15) is 22.3 Å². The standard InChI is InChI=1S/C76H56N2O2/c1-43-25-27-44(28-26-43)54-40-63-69(72-53-21-13-16-24-67(53)80-73(54)72)51-33-30-48(39-60(51)76(63,6)7)77(46-31-35-65-56(37-46)50-19-11-14-22-64(50)78(65)45-17-9-8-10-18-45)47-29-32-49-55-41-62-57(42-61(55)75(4,5)59(49)38-47)70-58(74(62,2)3)34-36-68-71(70)52-20-12-15-23-66(52)79-68/h8-42H,1-7H3. The van der Waals surface area contributed by atoms with Gasteiger partial charge >= 0.3 is 0 Å². The molecule has 382 valence electrons. The molecule has 3 aliphatic rings. The molecule has 3 aliphatic carbocycles. The number of para-hydroxylation sites is 4. The molecule has 14 aromatic rings. The Morgan fingerprint density at radius 3 is 1.65 bits per heavy atom. The Bertz CT molecular complexity index is 5040. The Morgan fingerprint density at radius 1 is 0.350 bits per heavy atom. The van der Waals surface area contributed by atoms with Crippen LogP contribution in [0.4, 0.5) is 17.1 Å². The van der Waals surface area contributed by atoms with Crippen molar-refractivity contribution in [3.8, 4) is 50.2 Å². The predicted molar refractivity (Wildman–Crippen MR) is 333 cm³/mol. The number of hydrogen-bond acceptors (Lipinski definition) is 3. The van der Waals surface area contributed by atoms with E-state index in [1.165, 1.54) is 110 Å². The van der Waals surface area contributed by atoms with E-state index in [1.807, 2.05) is 0 Å². The molecule has 17 rings (SSSR count). The van der Waals surface area contributed by atoms with E-state index in [4.69, 9.17) is 8.83 Å². The van der Waals surface area contributed by atoms with Crippen molar-refractivity contribution in [3.63, 3.8) is 0 Å². The van der Waals surface area contributed by atoms with Crippen LogP contribution < -0.4 is 4.90 Å². The summed E-state index contributed by atoms with van der Waals surface area (Å²) in [6.07, 6.45) is 0. The van der Waals surface area contributed by atoms with Gasteiger partial charge in [-0.25, -0.2) is 0 Å². The number of rotatable bonds is 5. The molecule has 0 atom stereocenters. The summed E-state index contributed by atoms with van der Waals surface area (Å²) in [6.45, 7) is 16.6. The monoisotopic (exact) mass is 1030 g/mol. The Morgan fingerprint density at radius 2 is 0.887 bits per heavy atom. The van der Waals surface area contributed by atoms with Gasteiger partial charge < -0.3 is 18.3 Å². The normalized spacial score (nSPS) is 15.0. The van der Waals surface area contributed by atoms with Crippen molar-refractivity contribution in [1.82, 2.24) is 4.57 Å². The summed E-state index contributed by atoms with van der Waals surface area (Å²) < 4.78 is 15.8. The van der Waals surface area contributed by atoms with Crippen LogP contribution in [-0.4, -0.2) is 4.57 Å². The van der Waals surface area contributed by atoms with Gasteiger partial charge in [-0.05, 0) is 176 Å². The lowest BCUT2D eigenvalue weighted by Gasteiger charge is -2.30. The van der Waals surface area contributed by atoms with Crippen LogP contribution in [0.2, 0.25) is 0 Å². The molecule has 0 amide bonds. The van der Waals surface area contributed by atoms with Crippen molar-refractivity contribution >= 4 is 82.7 Å². The van der Waals surface area contributed by atoms with E-state index in [0.717, 1.165) is 61.6 Å². The summed E-state index contributed by atoms with van der Waals surface area (Å²) in [5.41, 5.74) is 29.1. The molecule has 0 N–H and O–H groups in total. The highest BCUT2D eigenvalue weighted by Gasteiger charge is 2.44. The zero-order valence-electron chi connectivity index (χ0n) is 45.9. The number of furan rings is 2. The molecule has 3 heterocycles. The minimum absolute atomic E-state index is 0.197. The molecule has 0 radical (unpaired) electrons. The Labute approximate surface area is 464 Å². The molecule has 0 saturated heterocycles. The van der Waals surface area contributed by atoms with Crippen molar-refractivity contribution in [2.45, 2.75) is 64.7 Å². The van der Waals surface area contributed by atoms with Crippen molar-refractivity contribution in [3.05, 3.63) is 251 Å². The number of benzene rings is 11. The average Bonchev–Trinajstić information content (AvgIpc) is 4.45. The largest absolute Gasteiger partial charge is 0.456 e. The minimum atomic E-state index is -0.339. The highest BCUT2D eigenvalue weighted by Crippen LogP contribution is 2.60. The van der Waals surface area contributed by atoms with Crippen LogP contribution in [0.5, 0.6) is 0 Å². The summed E-state index contributed by atoms with van der Waals surface area (Å²) in [5, 5.41) is 7.16. The van der Waals surface area contributed by atoms with Crippen molar-refractivity contribution < 1.29 is 8.83 Å². The topological polar surface area (TPSA) is 34.5 Å². The molecule has 0 aliphatic heterocycles. The van der Waals surface area contributed by atoms with Gasteiger partial charge in [-0.15, -0.1) is 0 Å². The number of fused-ring (bicyclic) bond motifs is 20. The Balaban J connectivity index is 0.871. The molecule has 3 aromatic heterocycles. The second-order valence-electron chi connectivity index (χ2n) is 24.5. The van der Waals surface area contributed by atoms with Crippen LogP contribution in [0.25, 0.3) is 116 Å². The van der Waals surface area contributed by atoms with Gasteiger partial charge in [0.05, 0.1) is 11.0 Å². The fourth-order valence-electron chi connectivity index (χ4n) is 15.0. The zero-order chi connectivity index (χ0) is 53.7. The lowest BCUT2D eigenvalue weighted by Crippen LogP contribution is -2.18. The smallest absolute Gasteiger partial charge is 0.143 e. The number of aromatic nitrogens is 1. The summed E-state index contributed by atoms with van der Waals surface area (Å²) in [7, 11) is 0. The number of aryl methyl sites for hydroxylation is 1. The molecule has 4 nitrogen and oxygen atoms in total. The molecule has 0 fully saturated rings. The highest BCUT2D eigenvalue weighted by atomic mass is 16.3. The fraction of sp³-hybridized carbons (Fsp3) is 0.132. The van der Waals surface area contributed by atoms with E-state index in [1.54, 1.807) is 0 Å². The van der Waals surface area contributed by atoms with Crippen LogP contribution in [0.1, 0.15) is 80.5 Å². The summed E-state index contributed by atoms with van der Waals surface area (Å²) >= 11 is 0. The lowest BCUT2D eigenvalue weighted by molar-refractivity contribution is 0.651. The van der Waals surface area contributed by atoms with E-state index in [9.17, 15) is 0 Å². The van der Waals surface area contributed by atoms with Crippen LogP contribution in [0, 0.1) is 6.92 Å². The van der Waals surface area contributed by atoms with Crippen molar-refractivity contribution in [1.29, 1.82) is 0 Å². The third-order valence-corrected chi connectivity index (χ3v) is 19.0. The maximum atomic E-state index is 6.89. The Hall–Kier alpha value is -9.38. The SMILES string of the molecule is Cc1ccc(-c2cc3c(c4c2oc2ccccc24)-c2ccc(N(c4ccc5c(c4)C(C)(C)c4cc6c(cc4-5)C(C)(C)c4ccc5oc7ccccc7c5c4-6)c4ccc5c(c4)c4ccccc4n5-c4ccccc4)cc2C3(C)C)cc1. The second-order valence-corrected chi connectivity index (χ2v) is 24.5. The first-order valence-electron chi connectivity index (χ1n) is 28.2. The molecule has 80 heavy (non-hydrogen) atoms. The van der Waals surface area contributed by atoms with Crippen LogP contribution >= 0.6 is 0 Å². The fourth-order valence-corrected chi connectivity index (χ4v) is 15.0. The quantitative estimate of drug-likeness (QED) is 0.172. The molecule has 11 aromatic carbocycles. The molecular formula is C76H56N2O2. The van der Waals surface area contributed by atoms with E-state index < -0.39 is 0 Å². The van der Waals surface area contributed by atoms with Gasteiger partial charge in [-0.1, -0.05) is 162 Å². The number of anilines is 3. The average molecular weight is 1030 g/mol. The predicted octanol–water partition coefficient (Wildman–Crippen LogP) is 20.9. The second kappa shape index (κ2) is 15.7. The summed E-state index contributed by atoms with van der Waals surface area (Å²) in [5.74, 6) is 0. The van der Waals surface area contributed by atoms with Crippen LogP contribution in [-0.2, 0) is 16.2 Å². The number of nitrogens with zero attached hydrogens (tertiary/aromatic N) is 2. The van der Waals surface area contributed by atoms with Gasteiger partial charge in [0, 0.05) is 76.9 Å². The first-order valence-corrected chi connectivity index (χ1v) is 28.2. The molecule has 0 spiro atoms. The van der Waals surface area contributed by atoms with Gasteiger partial charge in [0.15, 0.2) is 0 Å². The van der Waals surface area contributed by atoms with Crippen molar-refractivity contribution in [2.75, 3.05) is 4.90 Å². The maximum Gasteiger partial charge on any atom is 0.143 e. The first kappa shape index (κ1) is 45.6. The van der Waals surface area contributed by atoms with Gasteiger partial charge in [0.25, 0.3) is 0 Å². The Kier molecular flexibility index (Phi) is 8.94. The third-order valence-electron chi connectivity index (χ3n) is 19.0. The summed E-state index contributed by atoms with van der Waals surface area (Å²) in [4.78, 5) is 2.52. The maximum absolute atomic E-state index is 6.89. The van der Waals surface area contributed by atoms with E-state index in [0.29, 0.717) is 0 Å². The number of hydrogen-bond donors (Lipinski definition) is 0. The molecular weight excluding hydrogens is 973 g/mol. The highest BCUT2D eigenvalue weighted by molar-refractivity contribution is 6.19. The van der Waals surface area contributed by atoms with Crippen molar-refractivity contribution in [2.24, 2.45) is 0 Å².